The Balaban J connectivity index is 2.35. The fourth-order valence-corrected chi connectivity index (χ4v) is 2.37. The van der Waals surface area contributed by atoms with E-state index in [0.29, 0.717) is 11.5 Å². The van der Waals surface area contributed by atoms with Crippen LogP contribution < -0.4 is 5.32 Å². The molecule has 0 aliphatic carbocycles. The highest BCUT2D eigenvalue weighted by Crippen LogP contribution is 2.35. The first-order valence-electron chi connectivity index (χ1n) is 6.23. The molecule has 0 saturated carbocycles. The minimum atomic E-state index is 0.110. The Bertz CT molecular complexity index is 199. The molecule has 1 N–H and O–H groups in total. The lowest BCUT2D eigenvalue weighted by atomic mass is 9.85. The Morgan fingerprint density at radius 3 is 2.53 bits per heavy atom. The van der Waals surface area contributed by atoms with E-state index in [1.54, 1.807) is 0 Å². The summed E-state index contributed by atoms with van der Waals surface area (Å²) >= 11 is 0. The van der Waals surface area contributed by atoms with Gasteiger partial charge in [0, 0.05) is 6.54 Å². The molecule has 1 saturated heterocycles. The van der Waals surface area contributed by atoms with E-state index in [-0.39, 0.29) is 5.60 Å². The van der Waals surface area contributed by atoms with Crippen LogP contribution >= 0.6 is 0 Å². The molecule has 2 heteroatoms. The summed E-state index contributed by atoms with van der Waals surface area (Å²) in [6.07, 6.45) is 4.06. The van der Waals surface area contributed by atoms with Crippen LogP contribution in [0.1, 0.15) is 53.9 Å². The van der Waals surface area contributed by atoms with Gasteiger partial charge in [0.15, 0.2) is 0 Å². The maximum atomic E-state index is 6.04. The number of hydrogen-bond donors (Lipinski definition) is 1. The quantitative estimate of drug-likeness (QED) is 0.758. The van der Waals surface area contributed by atoms with Crippen LogP contribution in [0.15, 0.2) is 0 Å². The fourth-order valence-electron chi connectivity index (χ4n) is 2.37. The molecule has 1 heterocycles. The van der Waals surface area contributed by atoms with E-state index in [4.69, 9.17) is 4.74 Å². The van der Waals surface area contributed by atoms with E-state index in [9.17, 15) is 0 Å². The lowest BCUT2D eigenvalue weighted by Gasteiger charge is -2.29. The predicted molar refractivity (Wildman–Crippen MR) is 65.1 cm³/mol. The van der Waals surface area contributed by atoms with E-state index in [1.165, 1.54) is 19.3 Å². The summed E-state index contributed by atoms with van der Waals surface area (Å²) in [5, 5.41) is 3.43. The number of hydrogen-bond acceptors (Lipinski definition) is 2. The third kappa shape index (κ3) is 4.52. The molecular weight excluding hydrogens is 186 g/mol. The van der Waals surface area contributed by atoms with Gasteiger partial charge in [-0.15, -0.1) is 0 Å². The van der Waals surface area contributed by atoms with Gasteiger partial charge in [0.25, 0.3) is 0 Å². The summed E-state index contributed by atoms with van der Waals surface area (Å²) in [5.41, 5.74) is 0.458. The van der Waals surface area contributed by atoms with Crippen LogP contribution in [0, 0.1) is 5.41 Å². The number of ether oxygens (including phenoxy) is 1. The van der Waals surface area contributed by atoms with Crippen molar-refractivity contribution in [2.24, 2.45) is 5.41 Å². The van der Waals surface area contributed by atoms with Gasteiger partial charge in [-0.2, -0.15) is 0 Å². The molecule has 0 amide bonds. The average molecular weight is 213 g/mol. The highest BCUT2D eigenvalue weighted by atomic mass is 16.5. The summed E-state index contributed by atoms with van der Waals surface area (Å²) in [7, 11) is 0. The molecule has 1 fully saturated rings. The topological polar surface area (TPSA) is 21.3 Å². The van der Waals surface area contributed by atoms with Gasteiger partial charge in [-0.05, 0) is 45.1 Å². The molecule has 1 rings (SSSR count). The smallest absolute Gasteiger partial charge is 0.0631 e. The van der Waals surface area contributed by atoms with Crippen molar-refractivity contribution in [2.45, 2.75) is 65.6 Å². The van der Waals surface area contributed by atoms with Gasteiger partial charge >= 0.3 is 0 Å². The molecule has 0 aromatic rings. The lowest BCUT2D eigenvalue weighted by Crippen LogP contribution is -2.33. The van der Waals surface area contributed by atoms with Crippen LogP contribution in [-0.4, -0.2) is 24.8 Å². The minimum absolute atomic E-state index is 0.110. The van der Waals surface area contributed by atoms with E-state index < -0.39 is 0 Å². The molecule has 2 nitrogen and oxygen atoms in total. The van der Waals surface area contributed by atoms with Crippen molar-refractivity contribution in [1.29, 1.82) is 0 Å². The third-order valence-electron chi connectivity index (χ3n) is 3.19. The van der Waals surface area contributed by atoms with Gasteiger partial charge in [-0.3, -0.25) is 0 Å². The Morgan fingerprint density at radius 2 is 2.07 bits per heavy atom. The van der Waals surface area contributed by atoms with Crippen LogP contribution in [0.25, 0.3) is 0 Å². The molecule has 0 radical (unpaired) electrons. The van der Waals surface area contributed by atoms with Gasteiger partial charge < -0.3 is 10.1 Å². The molecule has 0 spiro atoms. The van der Waals surface area contributed by atoms with Crippen molar-refractivity contribution < 1.29 is 4.74 Å². The van der Waals surface area contributed by atoms with Crippen LogP contribution in [0.5, 0.6) is 0 Å². The Hall–Kier alpha value is -0.0800. The van der Waals surface area contributed by atoms with Crippen LogP contribution in [0.2, 0.25) is 0 Å². The van der Waals surface area contributed by atoms with E-state index in [1.807, 2.05) is 0 Å². The molecule has 15 heavy (non-hydrogen) atoms. The van der Waals surface area contributed by atoms with Crippen molar-refractivity contribution in [3.8, 4) is 0 Å². The highest BCUT2D eigenvalue weighted by Gasteiger charge is 2.34. The van der Waals surface area contributed by atoms with Gasteiger partial charge in [0.1, 0.15) is 0 Å². The summed E-state index contributed by atoms with van der Waals surface area (Å²) in [6.45, 7) is 13.3. The van der Waals surface area contributed by atoms with Gasteiger partial charge in [-0.25, -0.2) is 0 Å². The van der Waals surface area contributed by atoms with Crippen molar-refractivity contribution in [2.75, 3.05) is 13.1 Å². The summed E-state index contributed by atoms with van der Waals surface area (Å²) in [5.74, 6) is 0. The molecular formula is C13H27NO. The normalized spacial score (nSPS) is 25.8. The summed E-state index contributed by atoms with van der Waals surface area (Å²) in [4.78, 5) is 0. The van der Waals surface area contributed by atoms with Gasteiger partial charge in [0.2, 0.25) is 0 Å². The zero-order valence-electron chi connectivity index (χ0n) is 11.0. The van der Waals surface area contributed by atoms with Crippen molar-refractivity contribution in [3.05, 3.63) is 0 Å². The zero-order chi connectivity index (χ0) is 11.5. The summed E-state index contributed by atoms with van der Waals surface area (Å²) in [6, 6.07) is 0. The fraction of sp³-hybridized carbons (Fsp3) is 1.00. The number of nitrogens with one attached hydrogen (secondary N) is 1. The molecule has 1 aliphatic rings. The SMILES string of the molecule is CCNCC(C)(C)CC1CCC(C)(C)O1. The largest absolute Gasteiger partial charge is 0.372 e. The Kier molecular flexibility index (Phi) is 4.19. The van der Waals surface area contributed by atoms with Crippen molar-refractivity contribution >= 4 is 0 Å². The van der Waals surface area contributed by atoms with Crippen LogP contribution in [0.3, 0.4) is 0 Å². The number of rotatable bonds is 5. The van der Waals surface area contributed by atoms with E-state index >= 15 is 0 Å². The molecule has 1 unspecified atom stereocenters. The molecule has 1 aliphatic heterocycles. The van der Waals surface area contributed by atoms with Crippen LogP contribution in [-0.2, 0) is 4.74 Å². The third-order valence-corrected chi connectivity index (χ3v) is 3.19. The zero-order valence-corrected chi connectivity index (χ0v) is 11.0. The molecule has 90 valence electrons. The van der Waals surface area contributed by atoms with Crippen molar-refractivity contribution in [1.82, 2.24) is 5.32 Å². The standard InChI is InChI=1S/C13H27NO/c1-6-14-10-12(2,3)9-11-7-8-13(4,5)15-11/h11,14H,6-10H2,1-5H3. The lowest BCUT2D eigenvalue weighted by molar-refractivity contribution is -0.0316. The molecule has 0 aromatic heterocycles. The second kappa shape index (κ2) is 4.84. The van der Waals surface area contributed by atoms with Gasteiger partial charge in [0.05, 0.1) is 11.7 Å². The monoisotopic (exact) mass is 213 g/mol. The molecule has 0 bridgehead atoms. The maximum absolute atomic E-state index is 6.04. The predicted octanol–water partition coefficient (Wildman–Crippen LogP) is 2.97. The Morgan fingerprint density at radius 1 is 1.40 bits per heavy atom. The second-order valence-electron chi connectivity index (χ2n) is 6.19. The molecule has 0 aromatic carbocycles. The van der Waals surface area contributed by atoms with Crippen LogP contribution in [0.4, 0.5) is 0 Å². The molecule has 1 atom stereocenters. The highest BCUT2D eigenvalue weighted by molar-refractivity contribution is 4.85. The van der Waals surface area contributed by atoms with Crippen molar-refractivity contribution in [3.63, 3.8) is 0 Å². The average Bonchev–Trinajstić information content (AvgIpc) is 2.41. The van der Waals surface area contributed by atoms with E-state index in [2.05, 4.69) is 39.9 Å². The Labute approximate surface area is 94.8 Å². The first kappa shape index (κ1) is 13.0. The second-order valence-corrected chi connectivity index (χ2v) is 6.19. The minimum Gasteiger partial charge on any atom is -0.372 e. The van der Waals surface area contributed by atoms with Gasteiger partial charge in [-0.1, -0.05) is 20.8 Å². The first-order valence-corrected chi connectivity index (χ1v) is 6.23. The first-order chi connectivity index (χ1) is 6.85. The van der Waals surface area contributed by atoms with E-state index in [0.717, 1.165) is 13.1 Å². The summed E-state index contributed by atoms with van der Waals surface area (Å²) < 4.78 is 6.04. The maximum Gasteiger partial charge on any atom is 0.0631 e.